The molecule has 9 heteroatoms. The van der Waals surface area contributed by atoms with Crippen LogP contribution >= 0.6 is 0 Å². The van der Waals surface area contributed by atoms with Gasteiger partial charge in [-0.05, 0) is 42.5 Å². The van der Waals surface area contributed by atoms with E-state index in [1.54, 1.807) is 0 Å². The molecule has 1 aliphatic carbocycles. The smallest absolute Gasteiger partial charge is 0.447 e. The fraction of sp³-hybridized carbons (Fsp3) is 0.440. The Morgan fingerprint density at radius 2 is 1.82 bits per heavy atom. The van der Waals surface area contributed by atoms with Crippen molar-refractivity contribution in [2.45, 2.75) is 62.4 Å². The van der Waals surface area contributed by atoms with Crippen LogP contribution in [0.1, 0.15) is 49.1 Å². The zero-order valence-electron chi connectivity index (χ0n) is 18.5. The van der Waals surface area contributed by atoms with Crippen molar-refractivity contribution in [1.82, 2.24) is 4.90 Å². The molecule has 2 atom stereocenters. The molecule has 0 spiro atoms. The molecule has 1 saturated heterocycles. The van der Waals surface area contributed by atoms with Gasteiger partial charge in [-0.1, -0.05) is 61.7 Å². The Bertz CT molecular complexity index is 1020. The molecule has 1 saturated carbocycles. The Balaban J connectivity index is 1.69. The van der Waals surface area contributed by atoms with Crippen LogP contribution in [-0.4, -0.2) is 46.6 Å². The number of hydrogen-bond acceptors (Lipinski definition) is 5. The largest absolute Gasteiger partial charge is 0.573 e. The highest BCUT2D eigenvalue weighted by atomic mass is 19.4. The average Bonchev–Trinajstić information content (AvgIpc) is 3.14. The van der Waals surface area contributed by atoms with Crippen LogP contribution in [0.5, 0.6) is 5.75 Å². The maximum absolute atomic E-state index is 13.9. The summed E-state index contributed by atoms with van der Waals surface area (Å²) in [5.74, 6) is -2.42. The van der Waals surface area contributed by atoms with Gasteiger partial charge in [0.1, 0.15) is 12.4 Å². The molecule has 2 aromatic rings. The van der Waals surface area contributed by atoms with Gasteiger partial charge in [0.05, 0.1) is 17.6 Å². The minimum Gasteiger partial charge on any atom is -0.447 e. The summed E-state index contributed by atoms with van der Waals surface area (Å²) in [6.07, 6.45) is -2.57. The van der Waals surface area contributed by atoms with Gasteiger partial charge in [-0.3, -0.25) is 4.79 Å². The molecule has 2 aromatic carbocycles. The predicted octanol–water partition coefficient (Wildman–Crippen LogP) is 4.95. The minimum atomic E-state index is -4.90. The first-order chi connectivity index (χ1) is 16.2. The Morgan fingerprint density at radius 1 is 1.12 bits per heavy atom. The maximum atomic E-state index is 13.9. The molecular weight excluding hydrogens is 451 g/mol. The minimum absolute atomic E-state index is 0.00183. The maximum Gasteiger partial charge on any atom is 0.573 e. The number of hydrogen-bond donors (Lipinski definition) is 1. The number of carbonyl (C=O) groups excluding carboxylic acids is 2. The van der Waals surface area contributed by atoms with Crippen molar-refractivity contribution in [3.8, 4) is 5.75 Å². The van der Waals surface area contributed by atoms with Crippen molar-refractivity contribution in [3.63, 3.8) is 0 Å². The SMILES string of the molecule is O=C1OCC(Cc2ccccc2)N1C(=O)C(c1cccc(OC(F)(F)F)c1)C1(O)CCCCC1. The number of benzene rings is 2. The number of halogens is 3. The van der Waals surface area contributed by atoms with Crippen molar-refractivity contribution in [2.75, 3.05) is 6.61 Å². The summed E-state index contributed by atoms with van der Waals surface area (Å²) in [6.45, 7) is 0.00183. The van der Waals surface area contributed by atoms with Crippen LogP contribution in [0, 0.1) is 0 Å². The van der Waals surface area contributed by atoms with E-state index in [9.17, 15) is 27.9 Å². The lowest BCUT2D eigenvalue weighted by molar-refractivity contribution is -0.274. The Morgan fingerprint density at radius 3 is 2.50 bits per heavy atom. The number of alkyl halides is 3. The van der Waals surface area contributed by atoms with Gasteiger partial charge in [0, 0.05) is 0 Å². The highest BCUT2D eigenvalue weighted by Crippen LogP contribution is 2.43. The molecule has 2 fully saturated rings. The molecule has 2 unspecified atom stereocenters. The van der Waals surface area contributed by atoms with Gasteiger partial charge >= 0.3 is 12.5 Å². The summed E-state index contributed by atoms with van der Waals surface area (Å²) in [5.41, 5.74) is -0.446. The number of aliphatic hydroxyl groups is 1. The van der Waals surface area contributed by atoms with Crippen LogP contribution in [0.15, 0.2) is 54.6 Å². The van der Waals surface area contributed by atoms with Crippen molar-refractivity contribution in [2.24, 2.45) is 0 Å². The van der Waals surface area contributed by atoms with Crippen LogP contribution in [0.25, 0.3) is 0 Å². The third-order valence-corrected chi connectivity index (χ3v) is 6.44. The van der Waals surface area contributed by atoms with E-state index in [1.165, 1.54) is 12.1 Å². The molecule has 0 aromatic heterocycles. The predicted molar refractivity (Wildman–Crippen MR) is 116 cm³/mol. The van der Waals surface area contributed by atoms with Crippen LogP contribution in [0.4, 0.5) is 18.0 Å². The van der Waals surface area contributed by atoms with E-state index < -0.39 is 41.7 Å². The van der Waals surface area contributed by atoms with Crippen LogP contribution in [0.2, 0.25) is 0 Å². The Labute approximate surface area is 195 Å². The molecule has 4 rings (SSSR count). The first-order valence-electron chi connectivity index (χ1n) is 11.3. The number of amides is 2. The monoisotopic (exact) mass is 477 g/mol. The highest BCUT2D eigenvalue weighted by Gasteiger charge is 2.49. The zero-order chi connectivity index (χ0) is 24.3. The molecular formula is C25H26F3NO5. The van der Waals surface area contributed by atoms with Gasteiger partial charge in [-0.15, -0.1) is 13.2 Å². The zero-order valence-corrected chi connectivity index (χ0v) is 18.5. The number of ether oxygens (including phenoxy) is 2. The summed E-state index contributed by atoms with van der Waals surface area (Å²) < 4.78 is 47.6. The van der Waals surface area contributed by atoms with E-state index in [0.717, 1.165) is 29.0 Å². The summed E-state index contributed by atoms with van der Waals surface area (Å²) in [4.78, 5) is 27.5. The van der Waals surface area contributed by atoms with Crippen molar-refractivity contribution < 1.29 is 37.3 Å². The summed E-state index contributed by atoms with van der Waals surface area (Å²) in [6, 6.07) is 13.8. The molecule has 6 nitrogen and oxygen atoms in total. The van der Waals surface area contributed by atoms with Crippen LogP contribution in [-0.2, 0) is 16.0 Å². The van der Waals surface area contributed by atoms with Gasteiger partial charge in [-0.25, -0.2) is 9.69 Å². The third kappa shape index (κ3) is 5.35. The fourth-order valence-corrected chi connectivity index (χ4v) is 4.93. The number of cyclic esters (lactones) is 1. The first-order valence-corrected chi connectivity index (χ1v) is 11.3. The summed E-state index contributed by atoms with van der Waals surface area (Å²) in [5, 5.41) is 11.5. The van der Waals surface area contributed by atoms with Crippen LogP contribution < -0.4 is 4.74 Å². The first kappa shape index (κ1) is 24.1. The number of nitrogens with zero attached hydrogens (tertiary/aromatic N) is 1. The quantitative estimate of drug-likeness (QED) is 0.637. The standard InChI is InChI=1S/C25H26F3NO5/c26-25(27,28)34-20-11-7-10-18(15-20)21(24(32)12-5-2-6-13-24)22(30)29-19(16-33-23(29)31)14-17-8-3-1-4-9-17/h1,3-4,7-11,15,19,21,32H,2,5-6,12-14,16H2. The second kappa shape index (κ2) is 9.66. The number of rotatable bonds is 6. The Hall–Kier alpha value is -3.07. The number of carbonyl (C=O) groups is 2. The lowest BCUT2D eigenvalue weighted by atomic mass is 9.72. The van der Waals surface area contributed by atoms with Gasteiger partial charge in [-0.2, -0.15) is 0 Å². The van der Waals surface area contributed by atoms with E-state index in [4.69, 9.17) is 4.74 Å². The van der Waals surface area contributed by atoms with Crippen molar-refractivity contribution in [1.29, 1.82) is 0 Å². The fourth-order valence-electron chi connectivity index (χ4n) is 4.93. The molecule has 1 heterocycles. The second-order valence-corrected chi connectivity index (χ2v) is 8.85. The average molecular weight is 477 g/mol. The van der Waals surface area contributed by atoms with E-state index in [1.807, 2.05) is 30.3 Å². The molecule has 1 aliphatic heterocycles. The Kier molecular flexibility index (Phi) is 6.84. The molecule has 182 valence electrons. The molecule has 2 aliphatic rings. The third-order valence-electron chi connectivity index (χ3n) is 6.44. The normalized spacial score (nSPS) is 21.1. The second-order valence-electron chi connectivity index (χ2n) is 8.85. The van der Waals surface area contributed by atoms with Gasteiger partial charge in [0.2, 0.25) is 5.91 Å². The van der Waals surface area contributed by atoms with E-state index in [0.29, 0.717) is 32.1 Å². The molecule has 1 N–H and O–H groups in total. The molecule has 0 radical (unpaired) electrons. The van der Waals surface area contributed by atoms with E-state index in [2.05, 4.69) is 4.74 Å². The lowest BCUT2D eigenvalue weighted by Crippen LogP contribution is -2.50. The van der Waals surface area contributed by atoms with E-state index in [-0.39, 0.29) is 12.2 Å². The molecule has 0 bridgehead atoms. The summed E-state index contributed by atoms with van der Waals surface area (Å²) >= 11 is 0. The molecule has 34 heavy (non-hydrogen) atoms. The number of imide groups is 1. The molecule has 2 amide bonds. The van der Waals surface area contributed by atoms with Crippen molar-refractivity contribution in [3.05, 3.63) is 65.7 Å². The lowest BCUT2D eigenvalue weighted by Gasteiger charge is -2.40. The van der Waals surface area contributed by atoms with Crippen molar-refractivity contribution >= 4 is 12.0 Å². The van der Waals surface area contributed by atoms with Gasteiger partial charge < -0.3 is 14.6 Å². The summed E-state index contributed by atoms with van der Waals surface area (Å²) in [7, 11) is 0. The van der Waals surface area contributed by atoms with Gasteiger partial charge in [0.15, 0.2) is 0 Å². The van der Waals surface area contributed by atoms with Crippen LogP contribution in [0.3, 0.4) is 0 Å². The van der Waals surface area contributed by atoms with Gasteiger partial charge in [0.25, 0.3) is 0 Å². The van der Waals surface area contributed by atoms with E-state index >= 15 is 0 Å². The highest BCUT2D eigenvalue weighted by molar-refractivity contribution is 5.98. The topological polar surface area (TPSA) is 76.1 Å².